The van der Waals surface area contributed by atoms with Gasteiger partial charge in [-0.25, -0.2) is 0 Å². The summed E-state index contributed by atoms with van der Waals surface area (Å²) in [5.41, 5.74) is 6.65. The number of fused-ring (bicyclic) bond motifs is 6. The lowest BCUT2D eigenvalue weighted by atomic mass is 9.90. The number of nitrogens with zero attached hydrogens (tertiary/aromatic N) is 6. The van der Waals surface area contributed by atoms with Crippen LogP contribution in [0.15, 0.2) is 164 Å². The summed E-state index contributed by atoms with van der Waals surface area (Å²) in [4.78, 5) is 0. The molecule has 9 heteroatoms. The number of aromatic nitrogens is 2. The summed E-state index contributed by atoms with van der Waals surface area (Å²) in [5.74, 6) is 0. The van der Waals surface area contributed by atoms with E-state index in [1.165, 1.54) is 12.1 Å². The summed E-state index contributed by atoms with van der Waals surface area (Å²) in [6.45, 7) is 0. The molecule has 0 aliphatic rings. The fourth-order valence-corrected chi connectivity index (χ4v) is 8.73. The monoisotopic (exact) mass is 804 g/mol. The van der Waals surface area contributed by atoms with Crippen molar-refractivity contribution in [3.8, 4) is 69.0 Å². The number of hydrogen-bond donors (Lipinski definition) is 0. The first-order chi connectivity index (χ1) is 30.2. The van der Waals surface area contributed by atoms with Gasteiger partial charge in [0.05, 0.1) is 85.5 Å². The van der Waals surface area contributed by atoms with Gasteiger partial charge in [-0.1, -0.05) is 78.9 Å². The lowest BCUT2D eigenvalue weighted by Gasteiger charge is -2.24. The first-order valence-corrected chi connectivity index (χ1v) is 19.5. The molecular weight excluding hydrogens is 778 g/mol. The van der Waals surface area contributed by atoms with Crippen LogP contribution in [0.1, 0.15) is 27.8 Å². The highest BCUT2D eigenvalue weighted by atomic mass is 19.4. The SMILES string of the molecule is N#Cc1ccc(-c2ccc3c(c2)c2ccccc2n3-c2cc(C#N)cc(-n3c4ccccc4c4cc(-c5ccc(C#N)cc5)ccc43)c2-c2c(C#N)cccc2C(F)(F)F)cc1. The van der Waals surface area contributed by atoms with Crippen molar-refractivity contribution in [1.29, 1.82) is 21.0 Å². The maximum absolute atomic E-state index is 15.5. The molecule has 10 aromatic rings. The molecule has 0 spiro atoms. The Balaban J connectivity index is 1.35. The Labute approximate surface area is 352 Å². The van der Waals surface area contributed by atoms with Gasteiger partial charge in [-0.3, -0.25) is 0 Å². The summed E-state index contributed by atoms with van der Waals surface area (Å²) in [5, 5.41) is 43.4. The van der Waals surface area contributed by atoms with E-state index in [0.29, 0.717) is 33.2 Å². The van der Waals surface area contributed by atoms with E-state index in [1.807, 2.05) is 118 Å². The summed E-state index contributed by atoms with van der Waals surface area (Å²) in [7, 11) is 0. The second kappa shape index (κ2) is 14.4. The number of nitriles is 4. The number of alkyl halides is 3. The summed E-state index contributed by atoms with van der Waals surface area (Å²) in [6.07, 6.45) is -4.86. The molecule has 0 N–H and O–H groups in total. The zero-order chi connectivity index (χ0) is 42.7. The molecule has 0 amide bonds. The predicted octanol–water partition coefficient (Wildman–Crippen LogP) is 13.4. The lowest BCUT2D eigenvalue weighted by molar-refractivity contribution is -0.137. The highest BCUT2D eigenvalue weighted by Gasteiger charge is 2.37. The van der Waals surface area contributed by atoms with E-state index < -0.39 is 11.7 Å². The Kier molecular flexibility index (Phi) is 8.70. The zero-order valence-corrected chi connectivity index (χ0v) is 32.4. The number of halogens is 3. The van der Waals surface area contributed by atoms with Crippen LogP contribution in [0.25, 0.3) is 88.4 Å². The quantitative estimate of drug-likeness (QED) is 0.173. The molecule has 0 aliphatic heterocycles. The van der Waals surface area contributed by atoms with Crippen molar-refractivity contribution in [2.24, 2.45) is 0 Å². The summed E-state index contributed by atoms with van der Waals surface area (Å²) < 4.78 is 50.1. The van der Waals surface area contributed by atoms with Crippen molar-refractivity contribution in [1.82, 2.24) is 9.13 Å². The zero-order valence-electron chi connectivity index (χ0n) is 32.4. The van der Waals surface area contributed by atoms with Crippen molar-refractivity contribution in [3.05, 3.63) is 192 Å². The van der Waals surface area contributed by atoms with Crippen LogP contribution in [0.5, 0.6) is 0 Å². The van der Waals surface area contributed by atoms with Crippen molar-refractivity contribution in [3.63, 3.8) is 0 Å². The van der Waals surface area contributed by atoms with Crippen molar-refractivity contribution >= 4 is 43.6 Å². The van der Waals surface area contributed by atoms with Gasteiger partial charge in [-0.15, -0.1) is 0 Å². The van der Waals surface area contributed by atoms with E-state index >= 15 is 13.2 Å². The number of hydrogen-bond acceptors (Lipinski definition) is 4. The molecule has 62 heavy (non-hydrogen) atoms. The number of rotatable bonds is 5. The Hall–Kier alpha value is -8.89. The smallest absolute Gasteiger partial charge is 0.308 e. The molecule has 0 unspecified atom stereocenters. The standard InChI is InChI=1S/C53H27F3N6/c54-53(55,56)44-9-5-6-39(31-60)51(44)52-49(61-45-10-3-1-7-40(45)42-26-37(20-22-47(42)61)35-16-12-32(28-57)13-17-35)24-34(30-59)25-50(52)62-46-11-4-2-8-41(46)43-27-38(21-23-48(43)62)36-18-14-33(29-58)15-19-36/h1-27H. The van der Waals surface area contributed by atoms with Crippen LogP contribution >= 0.6 is 0 Å². The Bertz CT molecular complexity index is 3460. The highest BCUT2D eigenvalue weighted by Crippen LogP contribution is 2.48. The van der Waals surface area contributed by atoms with E-state index in [9.17, 15) is 21.0 Å². The molecule has 290 valence electrons. The van der Waals surface area contributed by atoms with E-state index in [4.69, 9.17) is 0 Å². The first-order valence-electron chi connectivity index (χ1n) is 19.5. The van der Waals surface area contributed by atoms with Crippen LogP contribution in [0.3, 0.4) is 0 Å². The molecule has 0 saturated carbocycles. The minimum atomic E-state index is -4.86. The molecule has 10 rings (SSSR count). The minimum absolute atomic E-state index is 0.117. The third-order valence-corrected chi connectivity index (χ3v) is 11.5. The fraction of sp³-hybridized carbons (Fsp3) is 0.0189. The van der Waals surface area contributed by atoms with Crippen LogP contribution in [0.4, 0.5) is 13.2 Å². The van der Waals surface area contributed by atoms with E-state index in [-0.39, 0.29) is 33.6 Å². The second-order valence-corrected chi connectivity index (χ2v) is 14.9. The van der Waals surface area contributed by atoms with E-state index in [1.54, 1.807) is 36.4 Å². The third kappa shape index (κ3) is 5.93. The normalized spacial score (nSPS) is 11.4. The first kappa shape index (κ1) is 37.4. The van der Waals surface area contributed by atoms with Crippen molar-refractivity contribution < 1.29 is 13.2 Å². The third-order valence-electron chi connectivity index (χ3n) is 11.5. The van der Waals surface area contributed by atoms with Gasteiger partial charge in [-0.05, 0) is 107 Å². The van der Waals surface area contributed by atoms with Crippen LogP contribution in [0, 0.1) is 45.3 Å². The molecule has 0 radical (unpaired) electrons. The van der Waals surface area contributed by atoms with Gasteiger partial charge in [-0.2, -0.15) is 34.2 Å². The Morgan fingerprint density at radius 2 is 0.806 bits per heavy atom. The molecule has 2 aromatic heterocycles. The Morgan fingerprint density at radius 1 is 0.371 bits per heavy atom. The second-order valence-electron chi connectivity index (χ2n) is 14.9. The predicted molar refractivity (Wildman–Crippen MR) is 235 cm³/mol. The maximum Gasteiger partial charge on any atom is 0.417 e. The van der Waals surface area contributed by atoms with Gasteiger partial charge in [0.15, 0.2) is 0 Å². The van der Waals surface area contributed by atoms with E-state index in [2.05, 4.69) is 24.3 Å². The average Bonchev–Trinajstić information content (AvgIpc) is 3.82. The minimum Gasteiger partial charge on any atom is -0.308 e. The topological polar surface area (TPSA) is 105 Å². The molecule has 0 fully saturated rings. The van der Waals surface area contributed by atoms with Gasteiger partial charge in [0, 0.05) is 32.7 Å². The van der Waals surface area contributed by atoms with Crippen LogP contribution in [0.2, 0.25) is 0 Å². The molecule has 8 aromatic carbocycles. The molecule has 0 atom stereocenters. The summed E-state index contributed by atoms with van der Waals surface area (Å²) >= 11 is 0. The van der Waals surface area contributed by atoms with Crippen LogP contribution < -0.4 is 0 Å². The fourth-order valence-electron chi connectivity index (χ4n) is 8.73. The maximum atomic E-state index is 15.5. The van der Waals surface area contributed by atoms with Gasteiger partial charge in [0.1, 0.15) is 0 Å². The molecule has 0 bridgehead atoms. The molecule has 0 saturated heterocycles. The molecular formula is C53H27F3N6. The van der Waals surface area contributed by atoms with E-state index in [0.717, 1.165) is 49.9 Å². The molecule has 2 heterocycles. The van der Waals surface area contributed by atoms with Crippen molar-refractivity contribution in [2.45, 2.75) is 6.18 Å². The van der Waals surface area contributed by atoms with Crippen LogP contribution in [-0.4, -0.2) is 9.13 Å². The van der Waals surface area contributed by atoms with Crippen molar-refractivity contribution in [2.75, 3.05) is 0 Å². The largest absolute Gasteiger partial charge is 0.417 e. The number of benzene rings is 8. The van der Waals surface area contributed by atoms with Gasteiger partial charge in [0.25, 0.3) is 0 Å². The van der Waals surface area contributed by atoms with Crippen LogP contribution in [-0.2, 0) is 6.18 Å². The van der Waals surface area contributed by atoms with Gasteiger partial charge < -0.3 is 9.13 Å². The average molecular weight is 805 g/mol. The molecule has 6 nitrogen and oxygen atoms in total. The van der Waals surface area contributed by atoms with Gasteiger partial charge >= 0.3 is 6.18 Å². The summed E-state index contributed by atoms with van der Waals surface area (Å²) in [6, 6.07) is 56.9. The Morgan fingerprint density at radius 3 is 1.24 bits per heavy atom. The molecule has 0 aliphatic carbocycles. The lowest BCUT2D eigenvalue weighted by Crippen LogP contribution is -2.12. The number of para-hydroxylation sites is 2. The highest BCUT2D eigenvalue weighted by molar-refractivity contribution is 6.13. The van der Waals surface area contributed by atoms with Gasteiger partial charge in [0.2, 0.25) is 0 Å².